The van der Waals surface area contributed by atoms with Gasteiger partial charge in [0.15, 0.2) is 0 Å². The summed E-state index contributed by atoms with van der Waals surface area (Å²) in [4.78, 5) is 116. The van der Waals surface area contributed by atoms with Gasteiger partial charge in [0.2, 0.25) is 29.5 Å². The molecule has 79 heavy (non-hydrogen) atoms. The number of carbonyl (C=O) groups excluding carboxylic acids is 5. The number of carboxylic acids is 3. The molecule has 2 bridgehead atoms. The average molecular weight is 1150 g/mol. The molecule has 26 heteroatoms. The van der Waals surface area contributed by atoms with Crippen molar-refractivity contribution in [3.05, 3.63) is 34.9 Å². The molecular formula is C53H87N11O13S2. The third-order valence-corrected chi connectivity index (χ3v) is 17.1. The molecule has 1 unspecified atom stereocenters. The van der Waals surface area contributed by atoms with E-state index in [0.717, 1.165) is 16.7 Å². The van der Waals surface area contributed by atoms with Gasteiger partial charge < -0.3 is 57.1 Å². The van der Waals surface area contributed by atoms with Crippen molar-refractivity contribution in [3.63, 3.8) is 0 Å². The Labute approximate surface area is 472 Å². The third-order valence-electron chi connectivity index (χ3n) is 14.9. The second-order valence-electron chi connectivity index (χ2n) is 21.8. The summed E-state index contributed by atoms with van der Waals surface area (Å²) in [6, 6.07) is 3.51. The van der Waals surface area contributed by atoms with Crippen LogP contribution < -0.4 is 27.0 Å². The number of hydrogen-bond acceptors (Lipinski definition) is 18. The predicted octanol–water partition coefficient (Wildman–Crippen LogP) is -0.835. The zero-order chi connectivity index (χ0) is 57.6. The van der Waals surface area contributed by atoms with Gasteiger partial charge in [-0.2, -0.15) is 23.5 Å². The lowest BCUT2D eigenvalue weighted by Gasteiger charge is -2.38. The number of benzene rings is 1. The van der Waals surface area contributed by atoms with E-state index in [4.69, 9.17) is 10.5 Å². The lowest BCUT2D eigenvalue weighted by atomic mass is 9.87. The topological polar surface area (TPSA) is 320 Å². The number of aliphatic hydroxyl groups excluding tert-OH is 1. The van der Waals surface area contributed by atoms with Crippen LogP contribution in [0.2, 0.25) is 0 Å². The van der Waals surface area contributed by atoms with Crippen molar-refractivity contribution in [1.29, 1.82) is 0 Å². The molecule has 5 atom stereocenters. The van der Waals surface area contributed by atoms with Crippen molar-refractivity contribution < 1.29 is 63.5 Å². The van der Waals surface area contributed by atoms with E-state index < -0.39 is 65.5 Å². The number of piperazine rings is 1. The average Bonchev–Trinajstić information content (AvgIpc) is 3.40. The largest absolute Gasteiger partial charge is 0.480 e. The van der Waals surface area contributed by atoms with Crippen LogP contribution in [0, 0.1) is 11.8 Å². The number of amides is 5. The minimum absolute atomic E-state index is 0.00385. The maximum atomic E-state index is 14.3. The quantitative estimate of drug-likeness (QED) is 0.0968. The highest BCUT2D eigenvalue weighted by Crippen LogP contribution is 2.26. The molecule has 4 heterocycles. The van der Waals surface area contributed by atoms with E-state index in [2.05, 4.69) is 44.4 Å². The molecule has 444 valence electrons. The normalized spacial score (nSPS) is 24.3. The lowest BCUT2D eigenvalue weighted by Crippen LogP contribution is -2.65. The number of aliphatic hydroxyl groups is 1. The van der Waals surface area contributed by atoms with E-state index in [1.54, 1.807) is 26.5 Å². The van der Waals surface area contributed by atoms with Crippen LogP contribution in [0.5, 0.6) is 0 Å². The Hall–Kier alpha value is -4.64. The van der Waals surface area contributed by atoms with Crippen LogP contribution in [0.3, 0.4) is 0 Å². The van der Waals surface area contributed by atoms with Crippen LogP contribution in [0.15, 0.2) is 18.2 Å². The van der Waals surface area contributed by atoms with Crippen molar-refractivity contribution in [1.82, 2.24) is 50.7 Å². The molecule has 3 fully saturated rings. The van der Waals surface area contributed by atoms with Gasteiger partial charge in [-0.3, -0.25) is 62.9 Å². The summed E-state index contributed by atoms with van der Waals surface area (Å²) in [5.74, 6) is -3.48. The van der Waals surface area contributed by atoms with Gasteiger partial charge in [0.05, 0.1) is 32.2 Å². The van der Waals surface area contributed by atoms with Gasteiger partial charge in [-0.1, -0.05) is 52.3 Å². The summed E-state index contributed by atoms with van der Waals surface area (Å²) in [6.07, 6.45) is 0.0118. The first-order chi connectivity index (χ1) is 37.6. The number of nitrogens with one attached hydrogen (secondary N) is 4. The Morgan fingerprint density at radius 3 is 1.70 bits per heavy atom. The first-order valence-corrected chi connectivity index (χ1v) is 30.0. The van der Waals surface area contributed by atoms with Crippen molar-refractivity contribution in [2.24, 2.45) is 17.6 Å². The second kappa shape index (κ2) is 32.7. The summed E-state index contributed by atoms with van der Waals surface area (Å²) in [5, 5.41) is 51.3. The maximum Gasteiger partial charge on any atom is 0.317 e. The molecule has 5 amide bonds. The number of nitrogens with zero attached hydrogens (tertiary/aromatic N) is 6. The van der Waals surface area contributed by atoms with Gasteiger partial charge in [0, 0.05) is 141 Å². The molecule has 1 aromatic rings. The molecule has 24 nitrogen and oxygen atoms in total. The van der Waals surface area contributed by atoms with Gasteiger partial charge in [0.1, 0.15) is 23.9 Å². The molecule has 5 rings (SSSR count). The van der Waals surface area contributed by atoms with Crippen molar-refractivity contribution >= 4 is 71.0 Å². The van der Waals surface area contributed by atoms with Crippen molar-refractivity contribution in [3.8, 4) is 0 Å². The summed E-state index contributed by atoms with van der Waals surface area (Å²) >= 11 is 3.08. The predicted molar refractivity (Wildman–Crippen MR) is 300 cm³/mol. The molecule has 0 aliphatic carbocycles. The van der Waals surface area contributed by atoms with Crippen LogP contribution in [0.4, 0.5) is 0 Å². The van der Waals surface area contributed by atoms with Crippen LogP contribution in [-0.2, 0) is 61.1 Å². The highest BCUT2D eigenvalue weighted by molar-refractivity contribution is 7.98. The fourth-order valence-corrected chi connectivity index (χ4v) is 12.1. The molecule has 3 saturated heterocycles. The van der Waals surface area contributed by atoms with Crippen LogP contribution >= 0.6 is 23.5 Å². The van der Waals surface area contributed by atoms with E-state index >= 15 is 0 Å². The number of rotatable bonds is 15. The summed E-state index contributed by atoms with van der Waals surface area (Å²) in [5.41, 5.74) is 7.86. The smallest absolute Gasteiger partial charge is 0.317 e. The minimum atomic E-state index is -1.40. The fraction of sp³-hybridized carbons (Fsp3) is 0.736. The number of ether oxygens (including phenoxy) is 1. The number of hydrogen-bond donors (Lipinski definition) is 9. The van der Waals surface area contributed by atoms with Gasteiger partial charge in [-0.25, -0.2) is 0 Å². The van der Waals surface area contributed by atoms with E-state index in [0.29, 0.717) is 82.6 Å². The van der Waals surface area contributed by atoms with Gasteiger partial charge in [0.25, 0.3) is 0 Å². The molecule has 10 N–H and O–H groups in total. The van der Waals surface area contributed by atoms with Gasteiger partial charge in [-0.05, 0) is 34.9 Å². The second-order valence-corrected chi connectivity index (χ2v) is 23.9. The van der Waals surface area contributed by atoms with Crippen LogP contribution in [-0.4, -0.2) is 257 Å². The first kappa shape index (κ1) is 65.2. The fourth-order valence-electron chi connectivity index (χ4n) is 10.2. The van der Waals surface area contributed by atoms with Crippen molar-refractivity contribution in [2.75, 3.05) is 129 Å². The molecule has 1 aromatic carbocycles. The summed E-state index contributed by atoms with van der Waals surface area (Å²) < 4.78 is 5.61. The van der Waals surface area contributed by atoms with E-state index in [1.807, 2.05) is 37.5 Å². The Bertz CT molecular complexity index is 2170. The molecule has 4 aliphatic heterocycles. The Morgan fingerprint density at radius 2 is 1.20 bits per heavy atom. The SMILES string of the molecule is CC[C@H](C)[C@@H]1NC(=O)[C@H](CC(C)C)NC(=O)C2(CCOCC2)NC(=O)CCSCc2cc(cc(CN3CCN(C(=O)CN4CCN(CC(=O)O)CCN(CC(=O)O)CCN(CC(=O)O)CC4)CC3)c2)CSC[C@@H](C(N)O)NC1=O. The standard InChI is InChI=1S/C53H87N11O13S2/c1-5-37(4)48-51(75)55-42(49(54)73)35-79-34-40-26-38(25-39(27-40)33-78-23-6-43(65)58-53(7-21-77-22-8-53)52(76)56-41(24-36(2)3)50(74)57-48)28-59-17-19-64(20-18-59)44(66)29-60-9-11-61(30-45(67)68)13-15-63(32-47(71)72)16-14-62(12-10-60)31-46(69)70/h25-27,36-37,41-42,48-49,73H,5-24,28-35,54H2,1-4H3,(H,55,75)(H,56,76)(H,57,74)(H,58,65)(H,67,68)(H,69,70)(H,71,72)/t37-,41-,42-,48-,49?/m0/s1. The molecule has 1 spiro atoms. The highest BCUT2D eigenvalue weighted by Gasteiger charge is 2.43. The third kappa shape index (κ3) is 22.3. The van der Waals surface area contributed by atoms with E-state index in [9.17, 15) is 58.8 Å². The summed E-state index contributed by atoms with van der Waals surface area (Å²) in [7, 11) is 0. The Balaban J connectivity index is 1.29. The zero-order valence-electron chi connectivity index (χ0n) is 46.5. The monoisotopic (exact) mass is 1150 g/mol. The molecule has 4 aliphatic rings. The number of carbonyl (C=O) groups is 8. The number of aliphatic carboxylic acids is 3. The molecule has 0 saturated carbocycles. The van der Waals surface area contributed by atoms with Gasteiger partial charge in [-0.15, -0.1) is 0 Å². The number of fused-ring (bicyclic) bond motifs is 2. The number of nitrogens with two attached hydrogens (primary N) is 1. The van der Waals surface area contributed by atoms with Gasteiger partial charge >= 0.3 is 17.9 Å². The molecule has 0 radical (unpaired) electrons. The molecular weight excluding hydrogens is 1060 g/mol. The number of carboxylic acid groups (broad SMARTS) is 3. The lowest BCUT2D eigenvalue weighted by molar-refractivity contribution is -0.141. The minimum Gasteiger partial charge on any atom is -0.480 e. The zero-order valence-corrected chi connectivity index (χ0v) is 48.2. The number of thioether (sulfide) groups is 2. The van der Waals surface area contributed by atoms with Crippen LogP contribution in [0.1, 0.15) is 76.5 Å². The van der Waals surface area contributed by atoms with Crippen LogP contribution in [0.25, 0.3) is 0 Å². The summed E-state index contributed by atoms with van der Waals surface area (Å²) in [6.45, 7) is 12.5. The Kier molecular flexibility index (Phi) is 27.0. The highest BCUT2D eigenvalue weighted by atomic mass is 32.2. The van der Waals surface area contributed by atoms with E-state index in [-0.39, 0.29) is 121 Å². The Morgan fingerprint density at radius 1 is 0.696 bits per heavy atom. The van der Waals surface area contributed by atoms with E-state index in [1.165, 1.54) is 11.8 Å². The maximum absolute atomic E-state index is 14.3. The molecule has 0 aromatic heterocycles. The van der Waals surface area contributed by atoms with Crippen molar-refractivity contribution in [2.45, 2.75) is 108 Å². The first-order valence-electron chi connectivity index (χ1n) is 27.7.